The van der Waals surface area contributed by atoms with Crippen molar-refractivity contribution >= 4 is 34.0 Å². The van der Waals surface area contributed by atoms with Crippen LogP contribution in [0.4, 0.5) is 5.69 Å². The molecular weight excluding hydrogens is 408 g/mol. The lowest BCUT2D eigenvalue weighted by atomic mass is 9.99. The van der Waals surface area contributed by atoms with Gasteiger partial charge in [0.05, 0.1) is 15.7 Å². The van der Waals surface area contributed by atoms with Crippen molar-refractivity contribution in [1.29, 1.82) is 0 Å². The van der Waals surface area contributed by atoms with E-state index in [0.29, 0.717) is 32.5 Å². The molecule has 11 heteroatoms. The third-order valence-corrected chi connectivity index (χ3v) is 6.35. The molecule has 0 radical (unpaired) electrons. The quantitative estimate of drug-likeness (QED) is 0.345. The van der Waals surface area contributed by atoms with Gasteiger partial charge in [-0.1, -0.05) is 6.92 Å². The Hall–Kier alpha value is -1.75. The molecule has 0 aliphatic carbocycles. The fraction of sp³-hybridized carbons (Fsp3) is 0.588. The van der Waals surface area contributed by atoms with Crippen LogP contribution in [0.1, 0.15) is 26.2 Å². The molecule has 158 valence electrons. The summed E-state index contributed by atoms with van der Waals surface area (Å²) >= 11 is 0. The molecule has 2 rings (SSSR count). The Labute approximate surface area is 171 Å². The SMILES string of the molecule is CCCNCCNC(=O)C1CCCN(S(=O)(=O)c2ccc([N+](=O)[O-])cc2)C1.Cl. The van der Waals surface area contributed by atoms with Crippen LogP contribution < -0.4 is 10.6 Å². The van der Waals surface area contributed by atoms with E-state index in [4.69, 9.17) is 0 Å². The van der Waals surface area contributed by atoms with Crippen LogP contribution in [0.3, 0.4) is 0 Å². The maximum atomic E-state index is 12.8. The highest BCUT2D eigenvalue weighted by Crippen LogP contribution is 2.25. The van der Waals surface area contributed by atoms with Crippen molar-refractivity contribution in [2.75, 3.05) is 32.7 Å². The number of non-ortho nitro benzene ring substituents is 1. The summed E-state index contributed by atoms with van der Waals surface area (Å²) < 4.78 is 26.9. The molecule has 1 atom stereocenters. The maximum Gasteiger partial charge on any atom is 0.269 e. The predicted octanol–water partition coefficient (Wildman–Crippen LogP) is 1.53. The molecule has 1 aromatic carbocycles. The standard InChI is InChI=1S/C17H26N4O5S.ClH/c1-2-9-18-10-11-19-17(22)14-4-3-12-20(13-14)27(25,26)16-7-5-15(6-8-16)21(23)24;/h5-8,14,18H,2-4,9-13H2,1H3,(H,19,22);1H. The van der Waals surface area contributed by atoms with Crippen molar-refractivity contribution in [3.63, 3.8) is 0 Å². The summed E-state index contributed by atoms with van der Waals surface area (Å²) in [5, 5.41) is 16.8. The topological polar surface area (TPSA) is 122 Å². The minimum Gasteiger partial charge on any atom is -0.355 e. The molecule has 1 aliphatic rings. The minimum atomic E-state index is -3.79. The van der Waals surface area contributed by atoms with E-state index >= 15 is 0 Å². The Morgan fingerprint density at radius 3 is 2.54 bits per heavy atom. The number of nitrogens with one attached hydrogen (secondary N) is 2. The molecule has 0 aromatic heterocycles. The number of halogens is 1. The predicted molar refractivity (Wildman–Crippen MR) is 108 cm³/mol. The lowest BCUT2D eigenvalue weighted by molar-refractivity contribution is -0.384. The first-order valence-corrected chi connectivity index (χ1v) is 10.5. The molecule has 1 amide bonds. The Kier molecular flexibility index (Phi) is 9.80. The molecule has 1 heterocycles. The van der Waals surface area contributed by atoms with Crippen LogP contribution in [0.25, 0.3) is 0 Å². The highest BCUT2D eigenvalue weighted by atomic mass is 35.5. The Morgan fingerprint density at radius 2 is 1.93 bits per heavy atom. The van der Waals surface area contributed by atoms with Gasteiger partial charge in [0.2, 0.25) is 15.9 Å². The summed E-state index contributed by atoms with van der Waals surface area (Å²) in [6, 6.07) is 4.81. The normalized spacial score (nSPS) is 17.5. The van der Waals surface area contributed by atoms with Crippen molar-refractivity contribution < 1.29 is 18.1 Å². The van der Waals surface area contributed by atoms with E-state index in [0.717, 1.165) is 13.0 Å². The molecule has 2 N–H and O–H groups in total. The van der Waals surface area contributed by atoms with E-state index in [1.54, 1.807) is 0 Å². The average Bonchev–Trinajstić information content (AvgIpc) is 2.67. The zero-order valence-corrected chi connectivity index (χ0v) is 17.4. The zero-order valence-electron chi connectivity index (χ0n) is 15.8. The van der Waals surface area contributed by atoms with Gasteiger partial charge in [-0.25, -0.2) is 8.42 Å². The molecule has 9 nitrogen and oxygen atoms in total. The summed E-state index contributed by atoms with van der Waals surface area (Å²) in [4.78, 5) is 22.5. The Balaban J connectivity index is 0.00000392. The third-order valence-electron chi connectivity index (χ3n) is 4.47. The van der Waals surface area contributed by atoms with Crippen LogP contribution >= 0.6 is 12.4 Å². The summed E-state index contributed by atoms with van der Waals surface area (Å²) in [7, 11) is -3.79. The van der Waals surface area contributed by atoms with Crippen LogP contribution in [-0.2, 0) is 14.8 Å². The van der Waals surface area contributed by atoms with Crippen molar-refractivity contribution in [2.24, 2.45) is 5.92 Å². The number of rotatable bonds is 9. The molecule has 1 saturated heterocycles. The van der Waals surface area contributed by atoms with Gasteiger partial charge in [0.15, 0.2) is 0 Å². The van der Waals surface area contributed by atoms with E-state index in [9.17, 15) is 23.3 Å². The number of benzene rings is 1. The molecule has 0 saturated carbocycles. The van der Waals surface area contributed by atoms with Crippen molar-refractivity contribution in [1.82, 2.24) is 14.9 Å². The first kappa shape index (κ1) is 24.3. The van der Waals surface area contributed by atoms with Crippen LogP contribution in [0.15, 0.2) is 29.2 Å². The fourth-order valence-corrected chi connectivity index (χ4v) is 4.51. The molecule has 0 spiro atoms. The number of hydrogen-bond acceptors (Lipinski definition) is 6. The van der Waals surface area contributed by atoms with Crippen molar-refractivity contribution in [3.05, 3.63) is 34.4 Å². The first-order chi connectivity index (χ1) is 12.9. The number of hydrogen-bond donors (Lipinski definition) is 2. The number of carbonyl (C=O) groups is 1. The molecule has 1 aromatic rings. The van der Waals surface area contributed by atoms with Gasteiger partial charge in [0.25, 0.3) is 5.69 Å². The van der Waals surface area contributed by atoms with Gasteiger partial charge in [-0.3, -0.25) is 14.9 Å². The van der Waals surface area contributed by atoms with Gasteiger partial charge in [-0.2, -0.15) is 4.31 Å². The first-order valence-electron chi connectivity index (χ1n) is 9.09. The minimum absolute atomic E-state index is 0. The van der Waals surface area contributed by atoms with Gasteiger partial charge in [-0.15, -0.1) is 12.4 Å². The van der Waals surface area contributed by atoms with Crippen LogP contribution in [0.5, 0.6) is 0 Å². The number of piperidine rings is 1. The van der Waals surface area contributed by atoms with Crippen LogP contribution in [-0.4, -0.2) is 56.3 Å². The average molecular weight is 435 g/mol. The second-order valence-corrected chi connectivity index (χ2v) is 8.43. The smallest absolute Gasteiger partial charge is 0.269 e. The molecule has 28 heavy (non-hydrogen) atoms. The number of sulfonamides is 1. The molecule has 1 aliphatic heterocycles. The van der Waals surface area contributed by atoms with Gasteiger partial charge in [0.1, 0.15) is 0 Å². The summed E-state index contributed by atoms with van der Waals surface area (Å²) in [6.07, 6.45) is 2.25. The highest BCUT2D eigenvalue weighted by Gasteiger charge is 2.33. The third kappa shape index (κ3) is 6.40. The van der Waals surface area contributed by atoms with Gasteiger partial charge in [-0.05, 0) is 37.9 Å². The number of nitro benzene ring substituents is 1. The van der Waals surface area contributed by atoms with Crippen LogP contribution in [0.2, 0.25) is 0 Å². The summed E-state index contributed by atoms with van der Waals surface area (Å²) in [5.41, 5.74) is -0.165. The molecular formula is C17H27ClN4O5S. The highest BCUT2D eigenvalue weighted by molar-refractivity contribution is 7.89. The summed E-state index contributed by atoms with van der Waals surface area (Å²) in [5.74, 6) is -0.533. The van der Waals surface area contributed by atoms with Gasteiger partial charge in [0, 0.05) is 38.3 Å². The number of nitrogens with zero attached hydrogens (tertiary/aromatic N) is 2. The van der Waals surface area contributed by atoms with Crippen molar-refractivity contribution in [2.45, 2.75) is 31.1 Å². The van der Waals surface area contributed by atoms with E-state index in [2.05, 4.69) is 17.6 Å². The number of amides is 1. The van der Waals surface area contributed by atoms with E-state index in [1.807, 2.05) is 0 Å². The van der Waals surface area contributed by atoms with E-state index in [-0.39, 0.29) is 35.4 Å². The Bertz CT molecular complexity index is 757. The molecule has 1 unspecified atom stereocenters. The molecule has 0 bridgehead atoms. The van der Waals surface area contributed by atoms with E-state index < -0.39 is 20.9 Å². The summed E-state index contributed by atoms with van der Waals surface area (Å²) in [6.45, 7) is 4.59. The zero-order chi connectivity index (χ0) is 19.9. The van der Waals surface area contributed by atoms with E-state index in [1.165, 1.54) is 28.6 Å². The monoisotopic (exact) mass is 434 g/mol. The maximum absolute atomic E-state index is 12.8. The van der Waals surface area contributed by atoms with Crippen LogP contribution in [0, 0.1) is 16.0 Å². The fourth-order valence-electron chi connectivity index (χ4n) is 2.98. The van der Waals surface area contributed by atoms with Gasteiger partial charge >= 0.3 is 0 Å². The largest absolute Gasteiger partial charge is 0.355 e. The second-order valence-electron chi connectivity index (χ2n) is 6.49. The second kappa shape index (κ2) is 11.3. The number of nitro groups is 1. The van der Waals surface area contributed by atoms with Crippen molar-refractivity contribution in [3.8, 4) is 0 Å². The Morgan fingerprint density at radius 1 is 1.25 bits per heavy atom. The van der Waals surface area contributed by atoms with Gasteiger partial charge < -0.3 is 10.6 Å². The lowest BCUT2D eigenvalue weighted by Gasteiger charge is -2.31. The number of carbonyl (C=O) groups excluding carboxylic acids is 1. The molecule has 1 fully saturated rings. The lowest BCUT2D eigenvalue weighted by Crippen LogP contribution is -2.46.